The van der Waals surface area contributed by atoms with Gasteiger partial charge in [-0.15, -0.1) is 0 Å². The Labute approximate surface area is 181 Å². The molecule has 0 aliphatic heterocycles. The molecule has 0 amide bonds. The van der Waals surface area contributed by atoms with E-state index in [1.807, 2.05) is 68.4 Å². The van der Waals surface area contributed by atoms with Gasteiger partial charge in [0.15, 0.2) is 5.52 Å². The maximum Gasteiger partial charge on any atom is 0.277 e. The number of rotatable bonds is 7. The van der Waals surface area contributed by atoms with Crippen molar-refractivity contribution in [1.29, 1.82) is 0 Å². The Kier molecular flexibility index (Phi) is 5.82. The van der Waals surface area contributed by atoms with Crippen molar-refractivity contribution >= 4 is 16.6 Å². The monoisotopic (exact) mass is 414 g/mol. The van der Waals surface area contributed by atoms with Gasteiger partial charge in [-0.25, -0.2) is 4.98 Å². The van der Waals surface area contributed by atoms with E-state index in [0.29, 0.717) is 35.8 Å². The standard InChI is InChI=1S/C25H26N4O2/c1-16-10-12-21(13-11-16)18(3)22-23-24(25(30)27-19(4)26-23)29(28-22)17(2)14-31-15-20-8-6-5-7-9-20/h5-13,17H,3,14-15H2,1-2,4H3,(H,26,27,30)/t17-/m0/s1. The molecular formula is C25H26N4O2. The van der Waals surface area contributed by atoms with Crippen LogP contribution in [0.2, 0.25) is 0 Å². The third-order valence-corrected chi connectivity index (χ3v) is 5.25. The summed E-state index contributed by atoms with van der Waals surface area (Å²) >= 11 is 0. The van der Waals surface area contributed by atoms with Crippen LogP contribution in [0.3, 0.4) is 0 Å². The highest BCUT2D eigenvalue weighted by Gasteiger charge is 2.22. The predicted octanol–water partition coefficient (Wildman–Crippen LogP) is 4.58. The second kappa shape index (κ2) is 8.70. The summed E-state index contributed by atoms with van der Waals surface area (Å²) in [5.74, 6) is 0.544. The molecule has 1 atom stereocenters. The Morgan fingerprint density at radius 2 is 1.84 bits per heavy atom. The maximum atomic E-state index is 12.8. The van der Waals surface area contributed by atoms with Crippen LogP contribution in [0.5, 0.6) is 0 Å². The number of aryl methyl sites for hydroxylation is 2. The zero-order chi connectivity index (χ0) is 22.0. The van der Waals surface area contributed by atoms with Crippen LogP contribution in [0.15, 0.2) is 66.0 Å². The van der Waals surface area contributed by atoms with Gasteiger partial charge in [0.2, 0.25) is 0 Å². The summed E-state index contributed by atoms with van der Waals surface area (Å²) in [6.45, 7) is 11.0. The van der Waals surface area contributed by atoms with Crippen LogP contribution in [0.25, 0.3) is 16.6 Å². The molecule has 0 fully saturated rings. The number of benzene rings is 2. The first-order chi connectivity index (χ1) is 14.9. The Morgan fingerprint density at radius 1 is 1.13 bits per heavy atom. The molecule has 1 N–H and O–H groups in total. The summed E-state index contributed by atoms with van der Waals surface area (Å²) in [6, 6.07) is 17.9. The lowest BCUT2D eigenvalue weighted by Gasteiger charge is -2.13. The molecule has 2 heterocycles. The molecule has 4 aromatic rings. The average molecular weight is 415 g/mol. The number of aromatic amines is 1. The molecule has 6 nitrogen and oxygen atoms in total. The quantitative estimate of drug-likeness (QED) is 0.481. The fourth-order valence-corrected chi connectivity index (χ4v) is 3.57. The number of fused-ring (bicyclic) bond motifs is 1. The molecular weight excluding hydrogens is 388 g/mol. The van der Waals surface area contributed by atoms with Gasteiger partial charge < -0.3 is 9.72 Å². The number of nitrogens with zero attached hydrogens (tertiary/aromatic N) is 3. The van der Waals surface area contributed by atoms with Crippen LogP contribution in [0.1, 0.15) is 41.2 Å². The summed E-state index contributed by atoms with van der Waals surface area (Å²) in [4.78, 5) is 20.2. The van der Waals surface area contributed by atoms with Gasteiger partial charge in [-0.2, -0.15) is 5.10 Å². The molecule has 2 aromatic carbocycles. The van der Waals surface area contributed by atoms with Crippen LogP contribution in [-0.2, 0) is 11.3 Å². The summed E-state index contributed by atoms with van der Waals surface area (Å²) in [7, 11) is 0. The molecule has 0 aliphatic carbocycles. The fraction of sp³-hybridized carbons (Fsp3) is 0.240. The minimum absolute atomic E-state index is 0.156. The van der Waals surface area contributed by atoms with E-state index >= 15 is 0 Å². The average Bonchev–Trinajstić information content (AvgIpc) is 3.14. The summed E-state index contributed by atoms with van der Waals surface area (Å²) in [6.07, 6.45) is 0. The third-order valence-electron chi connectivity index (χ3n) is 5.25. The highest BCUT2D eigenvalue weighted by Crippen LogP contribution is 2.27. The van der Waals surface area contributed by atoms with Crippen LogP contribution >= 0.6 is 0 Å². The maximum absolute atomic E-state index is 12.8. The molecule has 0 aliphatic rings. The second-order valence-corrected chi connectivity index (χ2v) is 7.84. The van der Waals surface area contributed by atoms with Crippen LogP contribution in [0, 0.1) is 13.8 Å². The smallest absolute Gasteiger partial charge is 0.277 e. The number of hydrogen-bond acceptors (Lipinski definition) is 4. The zero-order valence-electron chi connectivity index (χ0n) is 18.1. The molecule has 0 radical (unpaired) electrons. The Hall–Kier alpha value is -3.51. The van der Waals surface area contributed by atoms with E-state index in [0.717, 1.165) is 16.7 Å². The zero-order valence-corrected chi connectivity index (χ0v) is 18.1. The summed E-state index contributed by atoms with van der Waals surface area (Å²) < 4.78 is 7.61. The van der Waals surface area contributed by atoms with Crippen molar-refractivity contribution in [3.63, 3.8) is 0 Å². The van der Waals surface area contributed by atoms with Gasteiger partial charge in [0.1, 0.15) is 17.0 Å². The molecule has 158 valence electrons. The number of H-pyrrole nitrogens is 1. The lowest BCUT2D eigenvalue weighted by molar-refractivity contribution is 0.0926. The van der Waals surface area contributed by atoms with Gasteiger partial charge in [0.05, 0.1) is 19.3 Å². The first-order valence-electron chi connectivity index (χ1n) is 10.3. The van der Waals surface area contributed by atoms with Gasteiger partial charge in [0.25, 0.3) is 5.56 Å². The molecule has 4 rings (SSSR count). The number of nitrogens with one attached hydrogen (secondary N) is 1. The molecule has 31 heavy (non-hydrogen) atoms. The summed E-state index contributed by atoms with van der Waals surface area (Å²) in [5.41, 5.74) is 5.34. The molecule has 0 saturated heterocycles. The molecule has 6 heteroatoms. The number of hydrogen-bond donors (Lipinski definition) is 1. The third kappa shape index (κ3) is 4.34. The van der Waals surface area contributed by atoms with Crippen LogP contribution < -0.4 is 5.56 Å². The van der Waals surface area contributed by atoms with Crippen molar-refractivity contribution in [1.82, 2.24) is 19.7 Å². The van der Waals surface area contributed by atoms with Crippen LogP contribution in [0.4, 0.5) is 0 Å². The highest BCUT2D eigenvalue weighted by atomic mass is 16.5. The second-order valence-electron chi connectivity index (χ2n) is 7.84. The van der Waals surface area contributed by atoms with Crippen molar-refractivity contribution < 1.29 is 4.74 Å². The lowest BCUT2D eigenvalue weighted by atomic mass is 10.0. The minimum atomic E-state index is -0.215. The molecule has 2 aromatic heterocycles. The van der Waals surface area contributed by atoms with E-state index in [2.05, 4.69) is 16.5 Å². The van der Waals surface area contributed by atoms with E-state index in [1.54, 1.807) is 11.6 Å². The molecule has 0 unspecified atom stereocenters. The Morgan fingerprint density at radius 3 is 2.55 bits per heavy atom. The van der Waals surface area contributed by atoms with Gasteiger partial charge >= 0.3 is 0 Å². The van der Waals surface area contributed by atoms with E-state index < -0.39 is 0 Å². The Bertz CT molecular complexity index is 1270. The van der Waals surface area contributed by atoms with Crippen molar-refractivity contribution in [2.75, 3.05) is 6.61 Å². The summed E-state index contributed by atoms with van der Waals surface area (Å²) in [5, 5.41) is 4.77. The normalized spacial score (nSPS) is 12.2. The van der Waals surface area contributed by atoms with Crippen molar-refractivity contribution in [2.45, 2.75) is 33.4 Å². The van der Waals surface area contributed by atoms with Gasteiger partial charge in [0, 0.05) is 5.57 Å². The van der Waals surface area contributed by atoms with E-state index in [1.165, 1.54) is 5.56 Å². The topological polar surface area (TPSA) is 72.8 Å². The highest BCUT2D eigenvalue weighted by molar-refractivity contribution is 5.91. The van der Waals surface area contributed by atoms with Gasteiger partial charge in [-0.05, 0) is 31.9 Å². The predicted molar refractivity (Wildman–Crippen MR) is 123 cm³/mol. The largest absolute Gasteiger partial charge is 0.375 e. The Balaban J connectivity index is 1.67. The van der Waals surface area contributed by atoms with Gasteiger partial charge in [-0.3, -0.25) is 9.48 Å². The van der Waals surface area contributed by atoms with E-state index in [4.69, 9.17) is 9.84 Å². The van der Waals surface area contributed by atoms with E-state index in [-0.39, 0.29) is 11.6 Å². The number of ether oxygens (including phenoxy) is 1. The van der Waals surface area contributed by atoms with Crippen molar-refractivity contribution in [3.8, 4) is 0 Å². The lowest BCUT2D eigenvalue weighted by Crippen LogP contribution is -2.19. The van der Waals surface area contributed by atoms with E-state index in [9.17, 15) is 4.79 Å². The first kappa shape index (κ1) is 20.8. The fourth-order valence-electron chi connectivity index (χ4n) is 3.57. The van der Waals surface area contributed by atoms with Crippen molar-refractivity contribution in [2.24, 2.45) is 0 Å². The number of aromatic nitrogens is 4. The molecule has 0 spiro atoms. The van der Waals surface area contributed by atoms with Crippen LogP contribution in [-0.4, -0.2) is 26.4 Å². The molecule has 0 bridgehead atoms. The molecule has 0 saturated carbocycles. The minimum Gasteiger partial charge on any atom is -0.375 e. The first-order valence-corrected chi connectivity index (χ1v) is 10.3. The van der Waals surface area contributed by atoms with Crippen molar-refractivity contribution in [3.05, 3.63) is 99.7 Å². The SMILES string of the molecule is C=C(c1ccc(C)cc1)c1nn([C@@H](C)COCc2ccccc2)c2c(=O)[nH]c(C)nc12. The van der Waals surface area contributed by atoms with Gasteiger partial charge in [-0.1, -0.05) is 66.7 Å².